The third kappa shape index (κ3) is 3.09. The van der Waals surface area contributed by atoms with Gasteiger partial charge in [-0.2, -0.15) is 0 Å². The summed E-state index contributed by atoms with van der Waals surface area (Å²) in [5.74, 6) is 3.35. The maximum atomic E-state index is 11.0. The number of rotatable bonds is 4. The van der Waals surface area contributed by atoms with E-state index in [1.807, 2.05) is 19.1 Å². The van der Waals surface area contributed by atoms with E-state index in [9.17, 15) is 5.11 Å². The number of aliphatic hydroxyl groups is 1. The molecule has 1 unspecified atom stereocenters. The summed E-state index contributed by atoms with van der Waals surface area (Å²) in [6, 6.07) is 3.85. The van der Waals surface area contributed by atoms with Crippen LogP contribution in [0.2, 0.25) is 0 Å². The average molecular weight is 402 g/mol. The number of ether oxygens (including phenoxy) is 6. The zero-order chi connectivity index (χ0) is 20.8. The Labute approximate surface area is 170 Å². The largest absolute Gasteiger partial charge is 0.493 e. The van der Waals surface area contributed by atoms with Gasteiger partial charge in [-0.05, 0) is 43.0 Å². The van der Waals surface area contributed by atoms with E-state index < -0.39 is 5.60 Å². The first-order valence-corrected chi connectivity index (χ1v) is 9.48. The molecule has 4 rings (SSSR count). The summed E-state index contributed by atoms with van der Waals surface area (Å²) in [4.78, 5) is 0. The van der Waals surface area contributed by atoms with Crippen LogP contribution in [-0.2, 0) is 12.8 Å². The van der Waals surface area contributed by atoms with Crippen LogP contribution in [0.5, 0.6) is 34.5 Å². The molecule has 1 heterocycles. The van der Waals surface area contributed by atoms with Crippen LogP contribution in [0.1, 0.15) is 24.5 Å². The molecule has 7 heteroatoms. The summed E-state index contributed by atoms with van der Waals surface area (Å²) in [7, 11) is 6.36. The summed E-state index contributed by atoms with van der Waals surface area (Å²) in [5.41, 5.74) is 2.62. The van der Waals surface area contributed by atoms with Crippen molar-refractivity contribution in [1.29, 1.82) is 0 Å². The zero-order valence-electron chi connectivity index (χ0n) is 17.4. The highest BCUT2D eigenvalue weighted by molar-refractivity contribution is 5.88. The second kappa shape index (κ2) is 7.22. The van der Waals surface area contributed by atoms with E-state index in [1.165, 1.54) is 0 Å². The van der Waals surface area contributed by atoms with E-state index in [2.05, 4.69) is 0 Å². The minimum atomic E-state index is -0.902. The Kier molecular flexibility index (Phi) is 4.86. The molecule has 0 saturated heterocycles. The maximum Gasteiger partial charge on any atom is 0.231 e. The van der Waals surface area contributed by atoms with Crippen LogP contribution in [-0.4, -0.2) is 45.9 Å². The Hall–Kier alpha value is -2.80. The fraction of sp³-hybridized carbons (Fsp3) is 0.455. The first kappa shape index (κ1) is 19.5. The molecule has 2 aliphatic rings. The fourth-order valence-electron chi connectivity index (χ4n) is 4.25. The van der Waals surface area contributed by atoms with Gasteiger partial charge in [0.25, 0.3) is 0 Å². The van der Waals surface area contributed by atoms with Gasteiger partial charge in [-0.3, -0.25) is 0 Å². The third-order valence-corrected chi connectivity index (χ3v) is 5.57. The van der Waals surface area contributed by atoms with Gasteiger partial charge in [0.1, 0.15) is 0 Å². The van der Waals surface area contributed by atoms with E-state index in [-0.39, 0.29) is 6.79 Å². The lowest BCUT2D eigenvalue weighted by atomic mass is 9.80. The summed E-state index contributed by atoms with van der Waals surface area (Å²) in [5, 5.41) is 11.0. The fourth-order valence-corrected chi connectivity index (χ4v) is 4.25. The molecule has 0 saturated carbocycles. The van der Waals surface area contributed by atoms with Crippen molar-refractivity contribution in [3.63, 3.8) is 0 Å². The summed E-state index contributed by atoms with van der Waals surface area (Å²) < 4.78 is 34.1. The van der Waals surface area contributed by atoms with Crippen molar-refractivity contribution in [2.75, 3.05) is 35.2 Å². The van der Waals surface area contributed by atoms with Gasteiger partial charge >= 0.3 is 0 Å². The van der Waals surface area contributed by atoms with Crippen molar-refractivity contribution in [3.05, 3.63) is 23.3 Å². The number of benzene rings is 2. The molecule has 1 N–H and O–H groups in total. The molecule has 0 amide bonds. The van der Waals surface area contributed by atoms with E-state index in [4.69, 9.17) is 28.4 Å². The van der Waals surface area contributed by atoms with Crippen molar-refractivity contribution in [2.24, 2.45) is 0 Å². The highest BCUT2D eigenvalue weighted by Gasteiger charge is 2.35. The molecule has 29 heavy (non-hydrogen) atoms. The minimum Gasteiger partial charge on any atom is -0.493 e. The van der Waals surface area contributed by atoms with Gasteiger partial charge < -0.3 is 33.5 Å². The van der Waals surface area contributed by atoms with Gasteiger partial charge in [-0.15, -0.1) is 0 Å². The van der Waals surface area contributed by atoms with Crippen LogP contribution in [0.15, 0.2) is 12.1 Å². The molecule has 156 valence electrons. The molecular formula is C22H26O7. The monoisotopic (exact) mass is 402 g/mol. The Bertz CT molecular complexity index is 949. The summed E-state index contributed by atoms with van der Waals surface area (Å²) >= 11 is 0. The number of hydrogen-bond donors (Lipinski definition) is 1. The van der Waals surface area contributed by atoms with Crippen molar-refractivity contribution >= 4 is 0 Å². The molecule has 7 nitrogen and oxygen atoms in total. The SMILES string of the molecule is COc1cc2c(c(OC)c1OC)-c1c(cc3c(c1OC)OCO3)CCC(C)(O)C2. The van der Waals surface area contributed by atoms with Crippen LogP contribution in [0.4, 0.5) is 0 Å². The van der Waals surface area contributed by atoms with Crippen LogP contribution in [0.3, 0.4) is 0 Å². The van der Waals surface area contributed by atoms with Gasteiger partial charge in [0.05, 0.1) is 34.0 Å². The molecule has 0 spiro atoms. The van der Waals surface area contributed by atoms with Crippen LogP contribution in [0.25, 0.3) is 11.1 Å². The lowest BCUT2D eigenvalue weighted by Gasteiger charge is -2.31. The predicted molar refractivity (Wildman–Crippen MR) is 107 cm³/mol. The Morgan fingerprint density at radius 3 is 2.21 bits per heavy atom. The molecule has 0 fully saturated rings. The highest BCUT2D eigenvalue weighted by atomic mass is 16.7. The molecular weight excluding hydrogens is 376 g/mol. The molecule has 0 bridgehead atoms. The minimum absolute atomic E-state index is 0.141. The summed E-state index contributed by atoms with van der Waals surface area (Å²) in [6.07, 6.45) is 1.65. The van der Waals surface area contributed by atoms with Crippen LogP contribution >= 0.6 is 0 Å². The Morgan fingerprint density at radius 2 is 1.55 bits per heavy atom. The molecule has 1 atom stereocenters. The topological polar surface area (TPSA) is 75.6 Å². The standard InChI is InChI=1S/C22H26O7/c1-22(23)7-6-12-8-15-19(29-11-28-15)21(27-5)16(12)17-13(10-22)9-14(24-2)18(25-3)20(17)26-4/h8-9,23H,6-7,10-11H2,1-5H3. The summed E-state index contributed by atoms with van der Waals surface area (Å²) in [6.45, 7) is 1.98. The second-order valence-electron chi connectivity index (χ2n) is 7.53. The first-order chi connectivity index (χ1) is 13.9. The van der Waals surface area contributed by atoms with E-state index in [0.29, 0.717) is 53.8 Å². The lowest BCUT2D eigenvalue weighted by molar-refractivity contribution is 0.0512. The normalized spacial score (nSPS) is 19.5. The smallest absolute Gasteiger partial charge is 0.231 e. The Morgan fingerprint density at radius 1 is 0.862 bits per heavy atom. The quantitative estimate of drug-likeness (QED) is 0.840. The maximum absolute atomic E-state index is 11.0. The van der Waals surface area contributed by atoms with Gasteiger partial charge in [0.15, 0.2) is 23.0 Å². The van der Waals surface area contributed by atoms with Gasteiger partial charge in [0, 0.05) is 17.5 Å². The zero-order valence-corrected chi connectivity index (χ0v) is 17.4. The highest BCUT2D eigenvalue weighted by Crippen LogP contribution is 2.56. The van der Waals surface area contributed by atoms with Gasteiger partial charge in [-0.25, -0.2) is 0 Å². The molecule has 1 aliphatic heterocycles. The second-order valence-corrected chi connectivity index (χ2v) is 7.53. The Balaban J connectivity index is 2.12. The van der Waals surface area contributed by atoms with Crippen LogP contribution < -0.4 is 28.4 Å². The average Bonchev–Trinajstić information content (AvgIpc) is 3.17. The van der Waals surface area contributed by atoms with Crippen molar-refractivity contribution in [2.45, 2.75) is 31.8 Å². The van der Waals surface area contributed by atoms with Gasteiger partial charge in [0.2, 0.25) is 18.3 Å². The number of methoxy groups -OCH3 is 4. The molecule has 2 aromatic rings. The molecule has 0 radical (unpaired) electrons. The number of fused-ring (bicyclic) bond motifs is 4. The van der Waals surface area contributed by atoms with Crippen molar-refractivity contribution in [3.8, 4) is 45.6 Å². The van der Waals surface area contributed by atoms with Crippen LogP contribution in [0, 0.1) is 0 Å². The molecule has 2 aromatic carbocycles. The van der Waals surface area contributed by atoms with Gasteiger partial charge in [-0.1, -0.05) is 0 Å². The number of aryl methyl sites for hydroxylation is 1. The van der Waals surface area contributed by atoms with E-state index in [0.717, 1.165) is 22.3 Å². The third-order valence-electron chi connectivity index (χ3n) is 5.57. The lowest BCUT2D eigenvalue weighted by Crippen LogP contribution is -2.29. The molecule has 1 aliphatic carbocycles. The van der Waals surface area contributed by atoms with Crippen molar-refractivity contribution < 1.29 is 33.5 Å². The molecule has 0 aromatic heterocycles. The van der Waals surface area contributed by atoms with Crippen molar-refractivity contribution in [1.82, 2.24) is 0 Å². The number of hydrogen-bond acceptors (Lipinski definition) is 7. The first-order valence-electron chi connectivity index (χ1n) is 9.48. The van der Waals surface area contributed by atoms with E-state index in [1.54, 1.807) is 28.4 Å². The predicted octanol–water partition coefficient (Wildman–Crippen LogP) is 3.36. The van der Waals surface area contributed by atoms with E-state index >= 15 is 0 Å².